The van der Waals surface area contributed by atoms with Gasteiger partial charge < -0.3 is 24.4 Å². The highest BCUT2D eigenvalue weighted by Gasteiger charge is 2.29. The van der Waals surface area contributed by atoms with Crippen LogP contribution in [0.1, 0.15) is 45.1 Å². The predicted octanol–water partition coefficient (Wildman–Crippen LogP) is 3.18. The maximum Gasteiger partial charge on any atom is 0.409 e. The molecule has 0 aromatic heterocycles. The van der Waals surface area contributed by atoms with Crippen molar-refractivity contribution in [2.75, 3.05) is 33.9 Å². The zero-order valence-corrected chi connectivity index (χ0v) is 17.5. The van der Waals surface area contributed by atoms with Gasteiger partial charge in [0.25, 0.3) is 0 Å². The van der Waals surface area contributed by atoms with Crippen LogP contribution in [-0.2, 0) is 9.53 Å². The molecule has 0 saturated carbocycles. The Hall–Kier alpha value is -2.44. The number of carbonyl (C=O) groups excluding carboxylic acids is 2. The molecule has 7 heteroatoms. The summed E-state index contributed by atoms with van der Waals surface area (Å²) in [4.78, 5) is 26.5. The topological polar surface area (TPSA) is 77.1 Å². The number of benzene rings is 1. The van der Waals surface area contributed by atoms with Crippen molar-refractivity contribution in [3.05, 3.63) is 23.8 Å². The van der Waals surface area contributed by atoms with Gasteiger partial charge in [-0.2, -0.15) is 0 Å². The van der Waals surface area contributed by atoms with Crippen molar-refractivity contribution in [3.8, 4) is 11.5 Å². The Morgan fingerprint density at radius 2 is 1.79 bits per heavy atom. The lowest BCUT2D eigenvalue weighted by Gasteiger charge is -2.33. The molecule has 1 fully saturated rings. The van der Waals surface area contributed by atoms with Gasteiger partial charge in [-0.15, -0.1) is 0 Å². The van der Waals surface area contributed by atoms with Crippen molar-refractivity contribution in [1.82, 2.24) is 10.2 Å². The lowest BCUT2D eigenvalue weighted by molar-refractivity contribution is -0.124. The zero-order chi connectivity index (χ0) is 20.7. The smallest absolute Gasteiger partial charge is 0.409 e. The fraction of sp³-hybridized carbons (Fsp3) is 0.619. The summed E-state index contributed by atoms with van der Waals surface area (Å²) in [6, 6.07) is 5.66. The van der Waals surface area contributed by atoms with Gasteiger partial charge in [0.2, 0.25) is 5.91 Å². The van der Waals surface area contributed by atoms with Gasteiger partial charge >= 0.3 is 6.09 Å². The third-order valence-corrected chi connectivity index (χ3v) is 5.08. The molecule has 1 atom stereocenters. The van der Waals surface area contributed by atoms with Crippen molar-refractivity contribution in [2.45, 2.75) is 45.6 Å². The third kappa shape index (κ3) is 5.30. The zero-order valence-electron chi connectivity index (χ0n) is 17.5. The van der Waals surface area contributed by atoms with Crippen LogP contribution < -0.4 is 14.8 Å². The van der Waals surface area contributed by atoms with Crippen LogP contribution in [0.2, 0.25) is 0 Å². The first-order chi connectivity index (χ1) is 13.4. The second-order valence-corrected chi connectivity index (χ2v) is 7.30. The Labute approximate surface area is 167 Å². The molecule has 1 unspecified atom stereocenters. The molecule has 2 amide bonds. The molecule has 0 bridgehead atoms. The molecular weight excluding hydrogens is 360 g/mol. The minimum atomic E-state index is -0.289. The molecule has 1 N–H and O–H groups in total. The van der Waals surface area contributed by atoms with E-state index in [0.29, 0.717) is 31.2 Å². The number of nitrogens with zero attached hydrogens (tertiary/aromatic N) is 1. The van der Waals surface area contributed by atoms with E-state index >= 15 is 0 Å². The van der Waals surface area contributed by atoms with Crippen LogP contribution in [0.4, 0.5) is 4.79 Å². The van der Waals surface area contributed by atoms with Gasteiger partial charge in [-0.1, -0.05) is 19.9 Å². The van der Waals surface area contributed by atoms with Gasteiger partial charge in [-0.05, 0) is 43.4 Å². The second-order valence-electron chi connectivity index (χ2n) is 7.30. The van der Waals surface area contributed by atoms with Crippen LogP contribution in [0, 0.1) is 5.92 Å². The molecule has 1 aliphatic heterocycles. The molecule has 2 rings (SSSR count). The molecule has 1 saturated heterocycles. The SMILES string of the molecule is CCOC(=O)N1CCC(NC(=O)C(c2ccc(OC)c(OC)c2)C(C)C)CC1. The van der Waals surface area contributed by atoms with E-state index in [-0.39, 0.29) is 29.9 Å². The Morgan fingerprint density at radius 1 is 1.14 bits per heavy atom. The van der Waals surface area contributed by atoms with Crippen LogP contribution in [0.25, 0.3) is 0 Å². The van der Waals surface area contributed by atoms with Crippen molar-refractivity contribution in [1.29, 1.82) is 0 Å². The van der Waals surface area contributed by atoms with E-state index in [9.17, 15) is 9.59 Å². The maximum absolute atomic E-state index is 13.0. The summed E-state index contributed by atoms with van der Waals surface area (Å²) in [6.45, 7) is 7.41. The number of carbonyl (C=O) groups is 2. The Bertz CT molecular complexity index is 669. The van der Waals surface area contributed by atoms with Crippen molar-refractivity contribution in [2.24, 2.45) is 5.92 Å². The Morgan fingerprint density at radius 3 is 2.32 bits per heavy atom. The molecule has 1 heterocycles. The lowest BCUT2D eigenvalue weighted by Crippen LogP contribution is -2.48. The van der Waals surface area contributed by atoms with Gasteiger partial charge in [-0.25, -0.2) is 4.79 Å². The van der Waals surface area contributed by atoms with E-state index in [4.69, 9.17) is 14.2 Å². The molecule has 7 nitrogen and oxygen atoms in total. The first kappa shape index (κ1) is 21.9. The highest BCUT2D eigenvalue weighted by Crippen LogP contribution is 2.33. The average molecular weight is 392 g/mol. The van der Waals surface area contributed by atoms with Gasteiger partial charge in [0, 0.05) is 19.1 Å². The summed E-state index contributed by atoms with van der Waals surface area (Å²) in [7, 11) is 3.18. The minimum absolute atomic E-state index is 0.00296. The monoisotopic (exact) mass is 392 g/mol. The second kappa shape index (κ2) is 10.2. The Kier molecular flexibility index (Phi) is 7.96. The highest BCUT2D eigenvalue weighted by atomic mass is 16.6. The lowest BCUT2D eigenvalue weighted by atomic mass is 9.87. The standard InChI is InChI=1S/C21H32N2O5/c1-6-28-21(25)23-11-9-16(10-12-23)22-20(24)19(14(2)3)15-7-8-17(26-4)18(13-15)27-5/h7-8,13-14,16,19H,6,9-12H2,1-5H3,(H,22,24). The minimum Gasteiger partial charge on any atom is -0.493 e. The van der Waals surface area contributed by atoms with Gasteiger partial charge in [0.1, 0.15) is 0 Å². The molecule has 1 aromatic carbocycles. The van der Waals surface area contributed by atoms with Crippen LogP contribution in [0.15, 0.2) is 18.2 Å². The molecular formula is C21H32N2O5. The van der Waals surface area contributed by atoms with Gasteiger partial charge in [-0.3, -0.25) is 4.79 Å². The van der Waals surface area contributed by atoms with E-state index in [1.165, 1.54) is 0 Å². The number of hydrogen-bond donors (Lipinski definition) is 1. The molecule has 0 spiro atoms. The quantitative estimate of drug-likeness (QED) is 0.771. The van der Waals surface area contributed by atoms with Gasteiger partial charge in [0.05, 0.1) is 26.7 Å². The summed E-state index contributed by atoms with van der Waals surface area (Å²) in [5.41, 5.74) is 0.897. The number of piperidine rings is 1. The van der Waals surface area contributed by atoms with Gasteiger partial charge in [0.15, 0.2) is 11.5 Å². The summed E-state index contributed by atoms with van der Waals surface area (Å²) >= 11 is 0. The number of rotatable bonds is 7. The number of nitrogens with one attached hydrogen (secondary N) is 1. The number of amides is 2. The first-order valence-electron chi connectivity index (χ1n) is 9.85. The summed E-state index contributed by atoms with van der Waals surface area (Å²) in [5, 5.41) is 3.17. The average Bonchev–Trinajstić information content (AvgIpc) is 2.68. The van der Waals surface area contributed by atoms with E-state index in [2.05, 4.69) is 5.32 Å². The molecule has 1 aromatic rings. The van der Waals surface area contributed by atoms with E-state index in [0.717, 1.165) is 18.4 Å². The fourth-order valence-electron chi connectivity index (χ4n) is 3.60. The first-order valence-corrected chi connectivity index (χ1v) is 9.85. The largest absolute Gasteiger partial charge is 0.493 e. The van der Waals surface area contributed by atoms with Crippen molar-refractivity contribution in [3.63, 3.8) is 0 Å². The van der Waals surface area contributed by atoms with Crippen molar-refractivity contribution >= 4 is 12.0 Å². The number of ether oxygens (including phenoxy) is 3. The molecule has 0 aliphatic carbocycles. The molecule has 156 valence electrons. The Balaban J connectivity index is 2.03. The van der Waals surface area contributed by atoms with Crippen LogP contribution >= 0.6 is 0 Å². The fourth-order valence-corrected chi connectivity index (χ4v) is 3.60. The highest BCUT2D eigenvalue weighted by molar-refractivity contribution is 5.84. The number of methoxy groups -OCH3 is 2. The van der Waals surface area contributed by atoms with E-state index < -0.39 is 0 Å². The molecule has 28 heavy (non-hydrogen) atoms. The number of hydrogen-bond acceptors (Lipinski definition) is 5. The van der Waals surface area contributed by atoms with Crippen molar-refractivity contribution < 1.29 is 23.8 Å². The van der Waals surface area contributed by atoms with Crippen LogP contribution in [0.3, 0.4) is 0 Å². The summed E-state index contributed by atoms with van der Waals surface area (Å²) in [5.74, 6) is 1.08. The van der Waals surface area contributed by atoms with E-state index in [1.807, 2.05) is 32.0 Å². The predicted molar refractivity (Wildman–Crippen MR) is 107 cm³/mol. The summed E-state index contributed by atoms with van der Waals surface area (Å²) in [6.07, 6.45) is 1.17. The number of likely N-dealkylation sites (tertiary alicyclic amines) is 1. The molecule has 0 radical (unpaired) electrons. The van der Waals surface area contributed by atoms with Crippen LogP contribution in [-0.4, -0.2) is 56.9 Å². The third-order valence-electron chi connectivity index (χ3n) is 5.08. The molecule has 1 aliphatic rings. The van der Waals surface area contributed by atoms with E-state index in [1.54, 1.807) is 26.0 Å². The normalized spacial score (nSPS) is 15.9. The van der Waals surface area contributed by atoms with Crippen LogP contribution in [0.5, 0.6) is 11.5 Å². The summed E-state index contributed by atoms with van der Waals surface area (Å²) < 4.78 is 15.7. The maximum atomic E-state index is 13.0.